The smallest absolute Gasteiger partial charge is 0.0556 e. The molecule has 0 spiro atoms. The Morgan fingerprint density at radius 1 is 1.15 bits per heavy atom. The van der Waals surface area contributed by atoms with Crippen LogP contribution in [0.4, 0.5) is 0 Å². The van der Waals surface area contributed by atoms with Gasteiger partial charge in [-0.2, -0.15) is 0 Å². The molecule has 1 aromatic carbocycles. The van der Waals surface area contributed by atoms with E-state index in [-0.39, 0.29) is 11.9 Å². The number of rotatable bonds is 8. The minimum atomic E-state index is 0.220. The van der Waals surface area contributed by atoms with E-state index in [1.54, 1.807) is 11.8 Å². The number of aliphatic hydroxyl groups excluding tert-OH is 1. The second kappa shape index (κ2) is 9.84. The zero-order chi connectivity index (χ0) is 14.8. The van der Waals surface area contributed by atoms with Gasteiger partial charge in [0.05, 0.1) is 6.61 Å². The van der Waals surface area contributed by atoms with Gasteiger partial charge < -0.3 is 5.11 Å². The van der Waals surface area contributed by atoms with Gasteiger partial charge in [-0.1, -0.05) is 41.5 Å². The molecular formula is C18H26OS. The van der Waals surface area contributed by atoms with Crippen LogP contribution in [-0.2, 0) is 0 Å². The van der Waals surface area contributed by atoms with E-state index in [0.717, 1.165) is 19.3 Å². The van der Waals surface area contributed by atoms with Crippen molar-refractivity contribution in [2.75, 3.05) is 6.61 Å². The molecule has 0 aliphatic heterocycles. The van der Waals surface area contributed by atoms with Crippen LogP contribution in [0.5, 0.6) is 0 Å². The maximum Gasteiger partial charge on any atom is 0.0556 e. The lowest BCUT2D eigenvalue weighted by molar-refractivity contribution is 0.295. The largest absolute Gasteiger partial charge is 0.395 e. The second-order valence-corrected chi connectivity index (χ2v) is 6.72. The summed E-state index contributed by atoms with van der Waals surface area (Å²) in [5, 5.41) is 9.74. The van der Waals surface area contributed by atoms with Gasteiger partial charge >= 0.3 is 0 Å². The van der Waals surface area contributed by atoms with Crippen LogP contribution in [0.15, 0.2) is 58.5 Å². The van der Waals surface area contributed by atoms with E-state index < -0.39 is 0 Å². The maximum absolute atomic E-state index is 9.49. The minimum absolute atomic E-state index is 0.220. The first kappa shape index (κ1) is 17.1. The first-order valence-electron chi connectivity index (χ1n) is 7.23. The van der Waals surface area contributed by atoms with E-state index in [0.29, 0.717) is 0 Å². The van der Waals surface area contributed by atoms with Gasteiger partial charge in [0.2, 0.25) is 0 Å². The van der Waals surface area contributed by atoms with Crippen molar-refractivity contribution in [3.05, 3.63) is 53.6 Å². The fourth-order valence-corrected chi connectivity index (χ4v) is 2.84. The van der Waals surface area contributed by atoms with Crippen LogP contribution in [0.1, 0.15) is 40.0 Å². The lowest BCUT2D eigenvalue weighted by atomic mass is 10.1. The molecule has 0 bridgehead atoms. The highest BCUT2D eigenvalue weighted by molar-refractivity contribution is 8.00. The van der Waals surface area contributed by atoms with Crippen LogP contribution >= 0.6 is 11.8 Å². The van der Waals surface area contributed by atoms with E-state index >= 15 is 0 Å². The van der Waals surface area contributed by atoms with Crippen molar-refractivity contribution in [3.8, 4) is 0 Å². The molecule has 1 atom stereocenters. The quantitative estimate of drug-likeness (QED) is 0.523. The van der Waals surface area contributed by atoms with Gasteiger partial charge in [-0.25, -0.2) is 0 Å². The molecule has 0 fully saturated rings. The monoisotopic (exact) mass is 290 g/mol. The summed E-state index contributed by atoms with van der Waals surface area (Å²) in [6.07, 6.45) is 7.70. The molecule has 0 unspecified atom stereocenters. The van der Waals surface area contributed by atoms with Crippen molar-refractivity contribution >= 4 is 11.8 Å². The van der Waals surface area contributed by atoms with Crippen molar-refractivity contribution in [3.63, 3.8) is 0 Å². The van der Waals surface area contributed by atoms with E-state index in [1.165, 1.54) is 16.0 Å². The van der Waals surface area contributed by atoms with Crippen LogP contribution in [0.2, 0.25) is 0 Å². The summed E-state index contributed by atoms with van der Waals surface area (Å²) in [5.41, 5.74) is 2.79. The lowest BCUT2D eigenvalue weighted by Crippen LogP contribution is -2.07. The summed E-state index contributed by atoms with van der Waals surface area (Å²) in [6.45, 7) is 6.67. The zero-order valence-electron chi connectivity index (χ0n) is 12.8. The van der Waals surface area contributed by atoms with Crippen LogP contribution in [0, 0.1) is 0 Å². The summed E-state index contributed by atoms with van der Waals surface area (Å²) in [6, 6.07) is 10.3. The van der Waals surface area contributed by atoms with Crippen molar-refractivity contribution < 1.29 is 5.11 Å². The molecule has 0 saturated heterocycles. The van der Waals surface area contributed by atoms with Gasteiger partial charge in [-0.3, -0.25) is 0 Å². The maximum atomic E-state index is 9.49. The van der Waals surface area contributed by atoms with Crippen LogP contribution in [0.25, 0.3) is 0 Å². The van der Waals surface area contributed by atoms with Gasteiger partial charge in [0.25, 0.3) is 0 Å². The van der Waals surface area contributed by atoms with Crippen molar-refractivity contribution in [1.82, 2.24) is 0 Å². The topological polar surface area (TPSA) is 20.2 Å². The molecule has 0 aliphatic rings. The molecule has 110 valence electrons. The molecule has 2 heteroatoms. The standard InChI is InChI=1S/C18H26OS/c1-15(2)8-7-9-16(3)12-13-18(14-19)20-17-10-5-4-6-11-17/h4-6,8,10-12,18-19H,7,9,13-14H2,1-3H3/b16-12+/t18-/m0/s1. The molecule has 1 N–H and O–H groups in total. The number of thioether (sulfide) groups is 1. The summed E-state index contributed by atoms with van der Waals surface area (Å²) in [4.78, 5) is 1.22. The Morgan fingerprint density at radius 2 is 1.85 bits per heavy atom. The molecule has 0 heterocycles. The average Bonchev–Trinajstić information content (AvgIpc) is 2.44. The Hall–Kier alpha value is -0.990. The molecule has 1 nitrogen and oxygen atoms in total. The normalized spacial score (nSPS) is 13.1. The predicted molar refractivity (Wildman–Crippen MR) is 90.2 cm³/mol. The Bertz CT molecular complexity index is 430. The third-order valence-corrected chi connectivity index (χ3v) is 4.29. The molecule has 0 aromatic heterocycles. The van der Waals surface area contributed by atoms with Gasteiger partial charge in [0, 0.05) is 10.1 Å². The number of hydrogen-bond acceptors (Lipinski definition) is 2. The number of benzene rings is 1. The third-order valence-electron chi connectivity index (χ3n) is 3.07. The van der Waals surface area contributed by atoms with E-state index in [9.17, 15) is 5.11 Å². The summed E-state index contributed by atoms with van der Waals surface area (Å²) in [7, 11) is 0. The highest BCUT2D eigenvalue weighted by atomic mass is 32.2. The number of aliphatic hydroxyl groups is 1. The highest BCUT2D eigenvalue weighted by Gasteiger charge is 2.07. The Morgan fingerprint density at radius 3 is 2.45 bits per heavy atom. The minimum Gasteiger partial charge on any atom is -0.395 e. The Balaban J connectivity index is 2.42. The van der Waals surface area contributed by atoms with Crippen molar-refractivity contribution in [2.45, 2.75) is 50.2 Å². The van der Waals surface area contributed by atoms with E-state index in [4.69, 9.17) is 0 Å². The number of allylic oxidation sites excluding steroid dienone is 4. The first-order valence-corrected chi connectivity index (χ1v) is 8.11. The molecule has 20 heavy (non-hydrogen) atoms. The van der Waals surface area contributed by atoms with Gasteiger partial charge in [-0.05, 0) is 52.2 Å². The predicted octanol–water partition coefficient (Wildman–Crippen LogP) is 5.22. The lowest BCUT2D eigenvalue weighted by Gasteiger charge is -2.12. The second-order valence-electron chi connectivity index (χ2n) is 5.34. The third kappa shape index (κ3) is 7.56. The number of hydrogen-bond donors (Lipinski definition) is 1. The van der Waals surface area contributed by atoms with E-state index in [2.05, 4.69) is 45.1 Å². The zero-order valence-corrected chi connectivity index (χ0v) is 13.6. The molecule has 1 rings (SSSR count). The fourth-order valence-electron chi connectivity index (χ4n) is 1.87. The van der Waals surface area contributed by atoms with Crippen LogP contribution in [-0.4, -0.2) is 17.0 Å². The van der Waals surface area contributed by atoms with E-state index in [1.807, 2.05) is 18.2 Å². The van der Waals surface area contributed by atoms with Crippen LogP contribution in [0.3, 0.4) is 0 Å². The molecule has 0 amide bonds. The average molecular weight is 290 g/mol. The molecule has 0 radical (unpaired) electrons. The Kier molecular flexibility index (Phi) is 8.40. The van der Waals surface area contributed by atoms with Crippen LogP contribution < -0.4 is 0 Å². The molecule has 0 aliphatic carbocycles. The molecular weight excluding hydrogens is 264 g/mol. The molecule has 0 saturated carbocycles. The van der Waals surface area contributed by atoms with Gasteiger partial charge in [0.1, 0.15) is 0 Å². The van der Waals surface area contributed by atoms with Gasteiger partial charge in [-0.15, -0.1) is 11.8 Å². The van der Waals surface area contributed by atoms with Gasteiger partial charge in [0.15, 0.2) is 0 Å². The highest BCUT2D eigenvalue weighted by Crippen LogP contribution is 2.25. The summed E-state index contributed by atoms with van der Waals surface area (Å²) >= 11 is 1.75. The summed E-state index contributed by atoms with van der Waals surface area (Å²) in [5.74, 6) is 0. The van der Waals surface area contributed by atoms with Crippen molar-refractivity contribution in [2.24, 2.45) is 0 Å². The van der Waals surface area contributed by atoms with Crippen molar-refractivity contribution in [1.29, 1.82) is 0 Å². The first-order chi connectivity index (χ1) is 9.61. The Labute approximate surface area is 127 Å². The molecule has 1 aromatic rings. The summed E-state index contributed by atoms with van der Waals surface area (Å²) < 4.78 is 0. The fraction of sp³-hybridized carbons (Fsp3) is 0.444. The SMILES string of the molecule is CC(C)=CCC/C(C)=C/C[C@@H](CO)Sc1ccccc1.